The number of amides is 1. The number of carbonyl (C=O) groups is 2. The van der Waals surface area contributed by atoms with E-state index in [1.165, 1.54) is 28.8 Å². The highest BCUT2D eigenvalue weighted by Gasteiger charge is 2.34. The standard InChI is InChI=1S/C21H17NO3S2/c1-13(10-15-6-4-3-5-7-15)11-18-19(23)22(21(26)27-18)17-12-16(20(24)25)9-8-14(17)2/h3-12H,1-2H3,(H,24,25)/b13-10+,18-11-. The SMILES string of the molecule is CC(/C=C1\SC(=S)N(c2cc(C(=O)O)ccc2C)C1=O)=C\c1ccccc1. The molecule has 1 aliphatic rings. The van der Waals surface area contributed by atoms with E-state index in [1.807, 2.05) is 56.3 Å². The number of anilines is 1. The Morgan fingerprint density at radius 2 is 1.89 bits per heavy atom. The highest BCUT2D eigenvalue weighted by molar-refractivity contribution is 8.27. The number of nitrogens with zero attached hydrogens (tertiary/aromatic N) is 1. The van der Waals surface area contributed by atoms with E-state index < -0.39 is 5.97 Å². The van der Waals surface area contributed by atoms with Crippen molar-refractivity contribution in [3.63, 3.8) is 0 Å². The summed E-state index contributed by atoms with van der Waals surface area (Å²) in [7, 11) is 0. The molecule has 0 bridgehead atoms. The summed E-state index contributed by atoms with van der Waals surface area (Å²) in [6.45, 7) is 3.75. The van der Waals surface area contributed by atoms with Crippen LogP contribution in [0.4, 0.5) is 5.69 Å². The van der Waals surface area contributed by atoms with Gasteiger partial charge in [0.05, 0.1) is 16.2 Å². The van der Waals surface area contributed by atoms with Gasteiger partial charge in [-0.3, -0.25) is 9.69 Å². The lowest BCUT2D eigenvalue weighted by Crippen LogP contribution is -2.28. The largest absolute Gasteiger partial charge is 0.478 e. The molecular formula is C21H17NO3S2. The molecule has 1 fully saturated rings. The van der Waals surface area contributed by atoms with Crippen molar-refractivity contribution < 1.29 is 14.7 Å². The van der Waals surface area contributed by atoms with Crippen LogP contribution in [0.15, 0.2) is 65.1 Å². The molecule has 0 saturated carbocycles. The lowest BCUT2D eigenvalue weighted by Gasteiger charge is -2.17. The van der Waals surface area contributed by atoms with Crippen molar-refractivity contribution in [2.24, 2.45) is 0 Å². The normalized spacial score (nSPS) is 16.3. The lowest BCUT2D eigenvalue weighted by molar-refractivity contribution is -0.113. The lowest BCUT2D eigenvalue weighted by atomic mass is 10.1. The Bertz CT molecular complexity index is 994. The van der Waals surface area contributed by atoms with Gasteiger partial charge in [0.1, 0.15) is 0 Å². The molecule has 1 saturated heterocycles. The molecule has 0 unspecified atom stereocenters. The fourth-order valence-electron chi connectivity index (χ4n) is 2.72. The maximum atomic E-state index is 12.9. The van der Waals surface area contributed by atoms with Gasteiger partial charge >= 0.3 is 5.97 Å². The molecule has 1 amide bonds. The molecule has 2 aromatic carbocycles. The maximum Gasteiger partial charge on any atom is 0.335 e. The van der Waals surface area contributed by atoms with Crippen LogP contribution in [0.1, 0.15) is 28.4 Å². The number of carbonyl (C=O) groups excluding carboxylic acids is 1. The smallest absolute Gasteiger partial charge is 0.335 e. The highest BCUT2D eigenvalue weighted by atomic mass is 32.2. The molecule has 1 aliphatic heterocycles. The van der Waals surface area contributed by atoms with Crippen molar-refractivity contribution in [2.45, 2.75) is 13.8 Å². The molecule has 3 rings (SSSR count). The van der Waals surface area contributed by atoms with E-state index in [2.05, 4.69) is 0 Å². The summed E-state index contributed by atoms with van der Waals surface area (Å²) in [5.41, 5.74) is 3.39. The Hall–Kier alpha value is -2.70. The first kappa shape index (κ1) is 19.1. The second kappa shape index (κ2) is 7.90. The van der Waals surface area contributed by atoms with E-state index in [0.29, 0.717) is 14.9 Å². The molecule has 4 nitrogen and oxygen atoms in total. The maximum absolute atomic E-state index is 12.9. The number of thioether (sulfide) groups is 1. The molecular weight excluding hydrogens is 378 g/mol. The van der Waals surface area contributed by atoms with E-state index >= 15 is 0 Å². The van der Waals surface area contributed by atoms with Gasteiger partial charge in [0.2, 0.25) is 0 Å². The predicted molar refractivity (Wildman–Crippen MR) is 114 cm³/mol. The van der Waals surface area contributed by atoms with Crippen molar-refractivity contribution in [1.29, 1.82) is 0 Å². The fraction of sp³-hybridized carbons (Fsp3) is 0.0952. The molecule has 0 aliphatic carbocycles. The van der Waals surface area contributed by atoms with Gasteiger partial charge in [-0.15, -0.1) is 0 Å². The van der Waals surface area contributed by atoms with E-state index in [1.54, 1.807) is 6.07 Å². The first-order chi connectivity index (χ1) is 12.9. The average molecular weight is 396 g/mol. The minimum Gasteiger partial charge on any atom is -0.478 e. The number of rotatable bonds is 4. The second-order valence-electron chi connectivity index (χ2n) is 6.12. The molecule has 0 aromatic heterocycles. The van der Waals surface area contributed by atoms with Crippen LogP contribution in [0.25, 0.3) is 6.08 Å². The number of carboxylic acid groups (broad SMARTS) is 1. The third-order valence-electron chi connectivity index (χ3n) is 4.04. The third kappa shape index (κ3) is 4.18. The number of benzene rings is 2. The zero-order valence-corrected chi connectivity index (χ0v) is 16.4. The number of hydrogen-bond acceptors (Lipinski definition) is 4. The van der Waals surface area contributed by atoms with E-state index in [4.69, 9.17) is 12.2 Å². The molecule has 1 heterocycles. The molecule has 6 heteroatoms. The monoisotopic (exact) mass is 395 g/mol. The molecule has 0 radical (unpaired) electrons. The van der Waals surface area contributed by atoms with Gasteiger partial charge in [-0.25, -0.2) is 4.79 Å². The van der Waals surface area contributed by atoms with Gasteiger partial charge in [0, 0.05) is 0 Å². The molecule has 136 valence electrons. The summed E-state index contributed by atoms with van der Waals surface area (Å²) < 4.78 is 0.393. The number of aryl methyl sites for hydroxylation is 1. The molecule has 0 spiro atoms. The van der Waals surface area contributed by atoms with E-state index in [0.717, 1.165) is 16.7 Å². The van der Waals surface area contributed by atoms with Crippen LogP contribution in [0.3, 0.4) is 0 Å². The number of aromatic carboxylic acids is 1. The van der Waals surface area contributed by atoms with Gasteiger partial charge in [-0.1, -0.05) is 66.5 Å². The Balaban J connectivity index is 1.93. The molecule has 0 atom stereocenters. The van der Waals surface area contributed by atoms with Crippen molar-refractivity contribution in [3.05, 3.63) is 81.8 Å². The van der Waals surface area contributed by atoms with Crippen LogP contribution in [0, 0.1) is 6.92 Å². The van der Waals surface area contributed by atoms with Crippen LogP contribution in [-0.4, -0.2) is 21.3 Å². The fourth-order valence-corrected chi connectivity index (χ4v) is 4.05. The summed E-state index contributed by atoms with van der Waals surface area (Å²) in [6.07, 6.45) is 3.80. The second-order valence-corrected chi connectivity index (χ2v) is 7.80. The van der Waals surface area contributed by atoms with Crippen LogP contribution in [0.5, 0.6) is 0 Å². The number of thiocarbonyl (C=S) groups is 1. The van der Waals surface area contributed by atoms with Gasteiger partial charge in [-0.2, -0.15) is 0 Å². The Morgan fingerprint density at radius 1 is 1.19 bits per heavy atom. The van der Waals surface area contributed by atoms with Gasteiger partial charge in [0.25, 0.3) is 5.91 Å². The van der Waals surface area contributed by atoms with Crippen molar-refractivity contribution in [1.82, 2.24) is 0 Å². The predicted octanol–water partition coefficient (Wildman–Crippen LogP) is 5.05. The zero-order valence-electron chi connectivity index (χ0n) is 14.8. The molecule has 27 heavy (non-hydrogen) atoms. The number of allylic oxidation sites excluding steroid dienone is 2. The quantitative estimate of drug-likeness (QED) is 0.580. The van der Waals surface area contributed by atoms with Gasteiger partial charge in [-0.05, 0) is 48.8 Å². The summed E-state index contributed by atoms with van der Waals surface area (Å²) in [6, 6.07) is 14.5. The van der Waals surface area contributed by atoms with Crippen LogP contribution in [0.2, 0.25) is 0 Å². The zero-order chi connectivity index (χ0) is 19.6. The van der Waals surface area contributed by atoms with Crippen molar-refractivity contribution >= 4 is 51.9 Å². The van der Waals surface area contributed by atoms with Gasteiger partial charge in [0.15, 0.2) is 4.32 Å². The average Bonchev–Trinajstić information content (AvgIpc) is 2.89. The van der Waals surface area contributed by atoms with Crippen molar-refractivity contribution in [2.75, 3.05) is 4.90 Å². The Kier molecular flexibility index (Phi) is 5.58. The summed E-state index contributed by atoms with van der Waals surface area (Å²) in [4.78, 5) is 26.1. The van der Waals surface area contributed by atoms with E-state index in [9.17, 15) is 14.7 Å². The molecule has 2 aromatic rings. The van der Waals surface area contributed by atoms with E-state index in [-0.39, 0.29) is 11.5 Å². The summed E-state index contributed by atoms with van der Waals surface area (Å²) >= 11 is 6.61. The molecule has 1 N–H and O–H groups in total. The third-order valence-corrected chi connectivity index (χ3v) is 5.35. The van der Waals surface area contributed by atoms with Crippen LogP contribution in [-0.2, 0) is 4.79 Å². The number of hydrogen-bond donors (Lipinski definition) is 1. The van der Waals surface area contributed by atoms with Crippen molar-refractivity contribution in [3.8, 4) is 0 Å². The highest BCUT2D eigenvalue weighted by Crippen LogP contribution is 2.37. The van der Waals surface area contributed by atoms with Crippen LogP contribution < -0.4 is 4.90 Å². The summed E-state index contributed by atoms with van der Waals surface area (Å²) in [5, 5.41) is 9.23. The minimum absolute atomic E-state index is 0.119. The topological polar surface area (TPSA) is 57.6 Å². The Morgan fingerprint density at radius 3 is 2.56 bits per heavy atom. The summed E-state index contributed by atoms with van der Waals surface area (Å²) in [5.74, 6) is -1.28. The Labute approximate surface area is 167 Å². The van der Waals surface area contributed by atoms with Gasteiger partial charge < -0.3 is 5.11 Å². The first-order valence-corrected chi connectivity index (χ1v) is 9.44. The number of carboxylic acids is 1. The first-order valence-electron chi connectivity index (χ1n) is 8.22. The van der Waals surface area contributed by atoms with Crippen LogP contribution >= 0.6 is 24.0 Å². The minimum atomic E-state index is -1.04.